The van der Waals surface area contributed by atoms with E-state index in [0.717, 1.165) is 38.2 Å². The van der Waals surface area contributed by atoms with E-state index in [1.165, 1.54) is 5.56 Å². The summed E-state index contributed by atoms with van der Waals surface area (Å²) in [5, 5.41) is 3.49. The van der Waals surface area contributed by atoms with Crippen LogP contribution in [0.4, 0.5) is 0 Å². The van der Waals surface area contributed by atoms with Gasteiger partial charge in [-0.2, -0.15) is 0 Å². The zero-order valence-electron chi connectivity index (χ0n) is 11.2. The van der Waals surface area contributed by atoms with Crippen LogP contribution in [-0.4, -0.2) is 18.1 Å². The molecule has 0 aromatic carbocycles. The molecule has 0 bridgehead atoms. The van der Waals surface area contributed by atoms with E-state index in [1.54, 1.807) is 6.20 Å². The molecular weight excluding hydrogens is 212 g/mol. The molecule has 0 aliphatic heterocycles. The molecular formula is C14H24N2O. The largest absolute Gasteiger partial charge is 0.492 e. The second-order valence-corrected chi connectivity index (χ2v) is 4.20. The van der Waals surface area contributed by atoms with Crippen molar-refractivity contribution in [1.82, 2.24) is 10.3 Å². The fourth-order valence-electron chi connectivity index (χ4n) is 1.85. The van der Waals surface area contributed by atoms with E-state index in [1.807, 2.05) is 6.20 Å². The Hall–Kier alpha value is -1.09. The highest BCUT2D eigenvalue weighted by Gasteiger charge is 2.10. The van der Waals surface area contributed by atoms with Crippen LogP contribution >= 0.6 is 0 Å². The normalized spacial score (nSPS) is 12.4. The molecule has 3 nitrogen and oxygen atoms in total. The summed E-state index contributed by atoms with van der Waals surface area (Å²) in [4.78, 5) is 4.26. The molecule has 0 aliphatic carbocycles. The Morgan fingerprint density at radius 2 is 2.06 bits per heavy atom. The lowest BCUT2D eigenvalue weighted by molar-refractivity contribution is 0.315. The van der Waals surface area contributed by atoms with Crippen molar-refractivity contribution in [2.45, 2.75) is 46.1 Å². The summed E-state index contributed by atoms with van der Waals surface area (Å²) in [5.74, 6) is 0.878. The summed E-state index contributed by atoms with van der Waals surface area (Å²) in [7, 11) is 0. The quantitative estimate of drug-likeness (QED) is 0.752. The van der Waals surface area contributed by atoms with Gasteiger partial charge in [-0.1, -0.05) is 27.2 Å². The van der Waals surface area contributed by atoms with Crippen molar-refractivity contribution in [3.63, 3.8) is 0 Å². The molecule has 1 heterocycles. The Labute approximate surface area is 105 Å². The van der Waals surface area contributed by atoms with Crippen LogP contribution in [0.15, 0.2) is 18.5 Å². The predicted octanol–water partition coefficient (Wildman–Crippen LogP) is 3.32. The van der Waals surface area contributed by atoms with E-state index in [-0.39, 0.29) is 0 Å². The van der Waals surface area contributed by atoms with Crippen molar-refractivity contribution in [2.75, 3.05) is 13.2 Å². The number of nitrogens with zero attached hydrogens (tertiary/aromatic N) is 1. The molecule has 17 heavy (non-hydrogen) atoms. The molecule has 0 saturated heterocycles. The average molecular weight is 236 g/mol. The predicted molar refractivity (Wildman–Crippen MR) is 71.3 cm³/mol. The molecule has 96 valence electrons. The van der Waals surface area contributed by atoms with E-state index in [9.17, 15) is 0 Å². The van der Waals surface area contributed by atoms with Gasteiger partial charge in [-0.15, -0.1) is 0 Å². The van der Waals surface area contributed by atoms with Gasteiger partial charge in [0.05, 0.1) is 12.8 Å². The van der Waals surface area contributed by atoms with Crippen molar-refractivity contribution < 1.29 is 4.74 Å². The Morgan fingerprint density at radius 3 is 2.71 bits per heavy atom. The smallest absolute Gasteiger partial charge is 0.137 e. The lowest BCUT2D eigenvalue weighted by atomic mass is 10.0. The van der Waals surface area contributed by atoms with Gasteiger partial charge in [-0.05, 0) is 31.0 Å². The van der Waals surface area contributed by atoms with Gasteiger partial charge < -0.3 is 10.1 Å². The topological polar surface area (TPSA) is 34.1 Å². The molecule has 1 aromatic rings. The maximum atomic E-state index is 5.61. The summed E-state index contributed by atoms with van der Waals surface area (Å²) >= 11 is 0. The van der Waals surface area contributed by atoms with E-state index in [0.29, 0.717) is 6.04 Å². The van der Waals surface area contributed by atoms with E-state index >= 15 is 0 Å². The molecule has 0 spiro atoms. The van der Waals surface area contributed by atoms with Crippen molar-refractivity contribution in [2.24, 2.45) is 0 Å². The summed E-state index contributed by atoms with van der Waals surface area (Å²) in [6, 6.07) is 2.49. The minimum absolute atomic E-state index is 0.391. The first-order chi connectivity index (χ1) is 8.31. The van der Waals surface area contributed by atoms with E-state index in [2.05, 4.69) is 37.1 Å². The summed E-state index contributed by atoms with van der Waals surface area (Å²) in [5.41, 5.74) is 1.22. The molecule has 1 atom stereocenters. The minimum Gasteiger partial charge on any atom is -0.492 e. The first-order valence-electron chi connectivity index (χ1n) is 6.62. The average Bonchev–Trinajstić information content (AvgIpc) is 2.36. The standard InChI is InChI=1S/C14H24N2O/c1-4-7-14(16-6-3)12-9-13(11-15-10-12)17-8-5-2/h9-11,14,16H,4-8H2,1-3H3. The van der Waals surface area contributed by atoms with Crippen LogP contribution < -0.4 is 10.1 Å². The zero-order valence-corrected chi connectivity index (χ0v) is 11.2. The second-order valence-electron chi connectivity index (χ2n) is 4.20. The van der Waals surface area contributed by atoms with Gasteiger partial charge in [-0.3, -0.25) is 4.98 Å². The lowest BCUT2D eigenvalue weighted by Gasteiger charge is -2.17. The van der Waals surface area contributed by atoms with Gasteiger partial charge in [0.25, 0.3) is 0 Å². The minimum atomic E-state index is 0.391. The van der Waals surface area contributed by atoms with Crippen molar-refractivity contribution in [3.05, 3.63) is 24.0 Å². The van der Waals surface area contributed by atoms with Crippen molar-refractivity contribution in [1.29, 1.82) is 0 Å². The molecule has 1 aromatic heterocycles. The number of ether oxygens (including phenoxy) is 1. The van der Waals surface area contributed by atoms with Crippen LogP contribution in [-0.2, 0) is 0 Å². The van der Waals surface area contributed by atoms with Gasteiger partial charge in [0.15, 0.2) is 0 Å². The Morgan fingerprint density at radius 1 is 1.24 bits per heavy atom. The fraction of sp³-hybridized carbons (Fsp3) is 0.643. The Balaban J connectivity index is 2.72. The maximum Gasteiger partial charge on any atom is 0.137 e. The molecule has 0 amide bonds. The molecule has 0 saturated carbocycles. The first kappa shape index (κ1) is 14.0. The highest BCUT2D eigenvalue weighted by atomic mass is 16.5. The van der Waals surface area contributed by atoms with Gasteiger partial charge >= 0.3 is 0 Å². The Kier molecular flexibility index (Phi) is 6.63. The SMILES string of the molecule is CCCOc1cncc(C(CCC)NCC)c1. The number of hydrogen-bond acceptors (Lipinski definition) is 3. The van der Waals surface area contributed by atoms with Crippen molar-refractivity contribution in [3.8, 4) is 5.75 Å². The lowest BCUT2D eigenvalue weighted by Crippen LogP contribution is -2.20. The van der Waals surface area contributed by atoms with Gasteiger partial charge in [0.2, 0.25) is 0 Å². The molecule has 1 rings (SSSR count). The number of hydrogen-bond donors (Lipinski definition) is 1. The molecule has 1 unspecified atom stereocenters. The van der Waals surface area contributed by atoms with Crippen LogP contribution in [0.3, 0.4) is 0 Å². The first-order valence-corrected chi connectivity index (χ1v) is 6.62. The molecule has 0 radical (unpaired) electrons. The highest BCUT2D eigenvalue weighted by molar-refractivity contribution is 5.26. The monoisotopic (exact) mass is 236 g/mol. The third-order valence-electron chi connectivity index (χ3n) is 2.64. The van der Waals surface area contributed by atoms with Gasteiger partial charge in [-0.25, -0.2) is 0 Å². The van der Waals surface area contributed by atoms with Crippen LogP contribution in [0.25, 0.3) is 0 Å². The Bertz CT molecular complexity index is 309. The maximum absolute atomic E-state index is 5.61. The van der Waals surface area contributed by atoms with E-state index < -0.39 is 0 Å². The molecule has 3 heteroatoms. The molecule has 1 N–H and O–H groups in total. The summed E-state index contributed by atoms with van der Waals surface area (Å²) in [6.07, 6.45) is 7.04. The van der Waals surface area contributed by atoms with E-state index in [4.69, 9.17) is 4.74 Å². The third-order valence-corrected chi connectivity index (χ3v) is 2.64. The molecule has 0 fully saturated rings. The van der Waals surface area contributed by atoms with Crippen molar-refractivity contribution >= 4 is 0 Å². The number of pyridine rings is 1. The second kappa shape index (κ2) is 8.07. The van der Waals surface area contributed by atoms with Crippen LogP contribution in [0.1, 0.15) is 51.6 Å². The fourth-order valence-corrected chi connectivity index (χ4v) is 1.85. The van der Waals surface area contributed by atoms with Crippen LogP contribution in [0.2, 0.25) is 0 Å². The third kappa shape index (κ3) is 4.73. The summed E-state index contributed by atoms with van der Waals surface area (Å²) < 4.78 is 5.61. The number of rotatable bonds is 8. The van der Waals surface area contributed by atoms with Gasteiger partial charge in [0.1, 0.15) is 5.75 Å². The summed E-state index contributed by atoms with van der Waals surface area (Å²) in [6.45, 7) is 8.17. The number of nitrogens with one attached hydrogen (secondary N) is 1. The van der Waals surface area contributed by atoms with Crippen LogP contribution in [0.5, 0.6) is 5.75 Å². The molecule has 0 aliphatic rings. The van der Waals surface area contributed by atoms with Crippen LogP contribution in [0, 0.1) is 0 Å². The zero-order chi connectivity index (χ0) is 12.5. The number of aromatic nitrogens is 1. The van der Waals surface area contributed by atoms with Gasteiger partial charge in [0, 0.05) is 12.2 Å². The highest BCUT2D eigenvalue weighted by Crippen LogP contribution is 2.21.